The molecule has 2 aromatic rings. The average molecular weight is 424 g/mol. The Balaban J connectivity index is 2.35. The van der Waals surface area contributed by atoms with Crippen molar-refractivity contribution >= 4 is 21.8 Å². The number of nitrogens with zero attached hydrogens (tertiary/aromatic N) is 1. The standard InChI is InChI=1S/C18H20N2O8S/c1-25-12-9-17(27-3)14(18(10-12)28-4)7-8-19-29(23,24)13-5-6-16(26-2)15(11-13)20(21)22/h5-11,19H,1-4H3. The topological polar surface area (TPSA) is 126 Å². The van der Waals surface area contributed by atoms with Gasteiger partial charge in [-0.15, -0.1) is 0 Å². The Morgan fingerprint density at radius 3 is 2.00 bits per heavy atom. The van der Waals surface area contributed by atoms with Crippen molar-refractivity contribution in [2.24, 2.45) is 0 Å². The molecule has 0 aromatic heterocycles. The molecule has 10 nitrogen and oxygen atoms in total. The van der Waals surface area contributed by atoms with Crippen LogP contribution in [-0.4, -0.2) is 41.8 Å². The quantitative estimate of drug-likeness (QED) is 0.481. The fourth-order valence-electron chi connectivity index (χ4n) is 2.45. The van der Waals surface area contributed by atoms with E-state index in [-0.39, 0.29) is 10.6 Å². The number of hydrogen-bond acceptors (Lipinski definition) is 8. The van der Waals surface area contributed by atoms with Gasteiger partial charge in [0.2, 0.25) is 0 Å². The summed E-state index contributed by atoms with van der Waals surface area (Å²) in [6.45, 7) is 0. The van der Waals surface area contributed by atoms with E-state index in [4.69, 9.17) is 18.9 Å². The van der Waals surface area contributed by atoms with Crippen molar-refractivity contribution in [3.8, 4) is 23.0 Å². The van der Waals surface area contributed by atoms with Crippen LogP contribution in [0.3, 0.4) is 0 Å². The van der Waals surface area contributed by atoms with Crippen LogP contribution in [0.15, 0.2) is 41.4 Å². The molecule has 11 heteroatoms. The summed E-state index contributed by atoms with van der Waals surface area (Å²) in [5.41, 5.74) is 0.0112. The Morgan fingerprint density at radius 1 is 0.931 bits per heavy atom. The van der Waals surface area contributed by atoms with Gasteiger partial charge in [0.05, 0.1) is 43.8 Å². The summed E-state index contributed by atoms with van der Waals surface area (Å²) in [7, 11) is 1.58. The number of rotatable bonds is 9. The summed E-state index contributed by atoms with van der Waals surface area (Å²) in [6.07, 6.45) is 2.60. The van der Waals surface area contributed by atoms with Gasteiger partial charge < -0.3 is 18.9 Å². The van der Waals surface area contributed by atoms with Crippen LogP contribution < -0.4 is 23.7 Å². The van der Waals surface area contributed by atoms with E-state index < -0.39 is 20.6 Å². The molecule has 0 aliphatic carbocycles. The van der Waals surface area contributed by atoms with E-state index in [2.05, 4.69) is 4.72 Å². The normalized spacial score (nSPS) is 11.2. The van der Waals surface area contributed by atoms with E-state index in [1.165, 1.54) is 46.6 Å². The molecule has 2 aromatic carbocycles. The minimum Gasteiger partial charge on any atom is -0.496 e. The zero-order valence-corrected chi connectivity index (χ0v) is 17.0. The van der Waals surface area contributed by atoms with Crippen LogP contribution >= 0.6 is 0 Å². The number of nitrogens with one attached hydrogen (secondary N) is 1. The molecule has 0 aliphatic rings. The van der Waals surface area contributed by atoms with Crippen LogP contribution in [0.25, 0.3) is 6.08 Å². The van der Waals surface area contributed by atoms with Crippen molar-refractivity contribution in [1.82, 2.24) is 4.72 Å². The maximum atomic E-state index is 12.5. The first kappa shape index (κ1) is 21.8. The van der Waals surface area contributed by atoms with E-state index >= 15 is 0 Å². The highest BCUT2D eigenvalue weighted by molar-refractivity contribution is 7.89. The molecular formula is C18H20N2O8S. The lowest BCUT2D eigenvalue weighted by atomic mass is 10.1. The zero-order chi connectivity index (χ0) is 21.6. The highest BCUT2D eigenvalue weighted by atomic mass is 32.2. The third-order valence-electron chi connectivity index (χ3n) is 3.88. The van der Waals surface area contributed by atoms with Crippen molar-refractivity contribution < 1.29 is 32.3 Å². The smallest absolute Gasteiger partial charge is 0.312 e. The average Bonchev–Trinajstić information content (AvgIpc) is 2.72. The molecule has 0 saturated carbocycles. The molecule has 0 bridgehead atoms. The van der Waals surface area contributed by atoms with E-state index in [0.717, 1.165) is 12.3 Å². The van der Waals surface area contributed by atoms with Gasteiger partial charge in [-0.25, -0.2) is 8.42 Å². The Morgan fingerprint density at radius 2 is 1.52 bits per heavy atom. The number of benzene rings is 2. The first-order chi connectivity index (χ1) is 13.8. The number of nitro groups is 1. The highest BCUT2D eigenvalue weighted by Gasteiger charge is 2.21. The molecule has 1 N–H and O–H groups in total. The Kier molecular flexibility index (Phi) is 6.89. The number of ether oxygens (including phenoxy) is 4. The van der Waals surface area contributed by atoms with Gasteiger partial charge in [0.25, 0.3) is 10.0 Å². The van der Waals surface area contributed by atoms with Gasteiger partial charge in [-0.05, 0) is 18.2 Å². The number of methoxy groups -OCH3 is 4. The molecule has 29 heavy (non-hydrogen) atoms. The van der Waals surface area contributed by atoms with E-state index in [0.29, 0.717) is 22.8 Å². The second-order valence-electron chi connectivity index (χ2n) is 5.49. The van der Waals surface area contributed by atoms with Gasteiger partial charge in [0, 0.05) is 24.4 Å². The van der Waals surface area contributed by atoms with Gasteiger partial charge in [0.1, 0.15) is 17.2 Å². The third kappa shape index (κ3) is 4.88. The molecule has 0 atom stereocenters. The Labute approximate surface area is 167 Å². The van der Waals surface area contributed by atoms with Crippen LogP contribution in [0.5, 0.6) is 23.0 Å². The molecule has 0 spiro atoms. The molecule has 2 rings (SSSR count). The van der Waals surface area contributed by atoms with Crippen LogP contribution in [0.1, 0.15) is 5.56 Å². The first-order valence-electron chi connectivity index (χ1n) is 8.08. The monoisotopic (exact) mass is 424 g/mol. The Bertz CT molecular complexity index is 1010. The fraction of sp³-hybridized carbons (Fsp3) is 0.222. The molecule has 0 radical (unpaired) electrons. The predicted octanol–water partition coefficient (Wildman–Crippen LogP) is 2.58. The van der Waals surface area contributed by atoms with Gasteiger partial charge in [0.15, 0.2) is 5.75 Å². The van der Waals surface area contributed by atoms with Gasteiger partial charge in [-0.2, -0.15) is 0 Å². The minimum atomic E-state index is -4.07. The minimum absolute atomic E-state index is 0.0443. The maximum Gasteiger partial charge on any atom is 0.312 e. The van der Waals surface area contributed by atoms with E-state index in [1.54, 1.807) is 12.1 Å². The summed E-state index contributed by atoms with van der Waals surface area (Å²) in [4.78, 5) is 10.1. The van der Waals surface area contributed by atoms with E-state index in [1.807, 2.05) is 0 Å². The van der Waals surface area contributed by atoms with Crippen LogP contribution in [0.2, 0.25) is 0 Å². The van der Waals surface area contributed by atoms with Gasteiger partial charge in [-0.1, -0.05) is 0 Å². The highest BCUT2D eigenvalue weighted by Crippen LogP contribution is 2.35. The van der Waals surface area contributed by atoms with Gasteiger partial charge in [-0.3, -0.25) is 14.8 Å². The Hall–Kier alpha value is -3.47. The molecule has 0 aliphatic heterocycles. The molecule has 0 fully saturated rings. The number of hydrogen-bond donors (Lipinski definition) is 1. The van der Waals surface area contributed by atoms with Crippen molar-refractivity contribution in [3.05, 3.63) is 52.2 Å². The van der Waals surface area contributed by atoms with Gasteiger partial charge >= 0.3 is 5.69 Å². The molecule has 156 valence electrons. The van der Waals surface area contributed by atoms with Crippen molar-refractivity contribution in [2.75, 3.05) is 28.4 Å². The van der Waals surface area contributed by atoms with Crippen LogP contribution in [0, 0.1) is 10.1 Å². The molecular weight excluding hydrogens is 404 g/mol. The lowest BCUT2D eigenvalue weighted by Crippen LogP contribution is -2.18. The maximum absolute atomic E-state index is 12.5. The SMILES string of the molecule is COc1cc(OC)c(C=CNS(=O)(=O)c2ccc(OC)c([N+](=O)[O-])c2)c(OC)c1. The van der Waals surface area contributed by atoms with Crippen LogP contribution in [-0.2, 0) is 10.0 Å². The van der Waals surface area contributed by atoms with E-state index in [9.17, 15) is 18.5 Å². The second kappa shape index (κ2) is 9.15. The summed E-state index contributed by atoms with van der Waals surface area (Å²) < 4.78 is 47.8. The molecule has 0 amide bonds. The van der Waals surface area contributed by atoms with Crippen LogP contribution in [0.4, 0.5) is 5.69 Å². The summed E-state index contributed by atoms with van der Waals surface area (Å²) >= 11 is 0. The summed E-state index contributed by atoms with van der Waals surface area (Å²) in [5.74, 6) is 1.26. The fourth-order valence-corrected chi connectivity index (χ4v) is 3.35. The molecule has 0 saturated heterocycles. The summed E-state index contributed by atoms with van der Waals surface area (Å²) in [5, 5.41) is 11.1. The first-order valence-corrected chi connectivity index (χ1v) is 9.57. The van der Waals surface area contributed by atoms with Crippen molar-refractivity contribution in [3.63, 3.8) is 0 Å². The lowest BCUT2D eigenvalue weighted by Gasteiger charge is -2.12. The second-order valence-corrected chi connectivity index (χ2v) is 7.20. The van der Waals surface area contributed by atoms with Crippen molar-refractivity contribution in [2.45, 2.75) is 4.90 Å². The number of sulfonamides is 1. The van der Waals surface area contributed by atoms with Crippen molar-refractivity contribution in [1.29, 1.82) is 0 Å². The molecule has 0 unspecified atom stereocenters. The third-order valence-corrected chi connectivity index (χ3v) is 5.20. The predicted molar refractivity (Wildman–Crippen MR) is 105 cm³/mol. The lowest BCUT2D eigenvalue weighted by molar-refractivity contribution is -0.386. The largest absolute Gasteiger partial charge is 0.496 e. The molecule has 0 heterocycles. The zero-order valence-electron chi connectivity index (χ0n) is 16.2. The number of nitro benzene ring substituents is 1. The summed E-state index contributed by atoms with van der Waals surface area (Å²) in [6, 6.07) is 6.57.